The Bertz CT molecular complexity index is 1110. The summed E-state index contributed by atoms with van der Waals surface area (Å²) < 4.78 is 40.2. The topological polar surface area (TPSA) is 0 Å². The third-order valence-corrected chi connectivity index (χ3v) is 5.40. The average molecular weight is 402 g/mol. The van der Waals surface area contributed by atoms with Crippen LogP contribution in [0.2, 0.25) is 0 Å². The van der Waals surface area contributed by atoms with E-state index < -0.39 is 17.5 Å². The largest absolute Gasteiger partial charge is 0.204 e. The second kappa shape index (κ2) is 8.58. The quantitative estimate of drug-likeness (QED) is 0.299. The lowest BCUT2D eigenvalue weighted by atomic mass is 9.92. The molecule has 0 nitrogen and oxygen atoms in total. The number of hydrogen-bond donors (Lipinski definition) is 0. The Morgan fingerprint density at radius 2 is 1.07 bits per heavy atom. The van der Waals surface area contributed by atoms with Crippen molar-refractivity contribution in [3.63, 3.8) is 0 Å². The number of rotatable bonds is 5. The standard InChI is InChI=1S/C27H21F3/c1-18(20-5-3-2-4-6-20)15-19-7-9-21(10-8-19)22-11-13-23(14-12-22)24-16-25(28)27(30)26(29)17-24/h2-14,16-18H,15H2,1H3/t18-/m1/s1. The highest BCUT2D eigenvalue weighted by Gasteiger charge is 2.12. The van der Waals surface area contributed by atoms with E-state index in [9.17, 15) is 13.2 Å². The summed E-state index contributed by atoms with van der Waals surface area (Å²) in [5.74, 6) is -3.38. The van der Waals surface area contributed by atoms with E-state index in [-0.39, 0.29) is 0 Å². The van der Waals surface area contributed by atoms with Gasteiger partial charge in [0, 0.05) is 0 Å². The monoisotopic (exact) mass is 402 g/mol. The van der Waals surface area contributed by atoms with Crippen LogP contribution in [-0.4, -0.2) is 0 Å². The first kappa shape index (κ1) is 20.0. The molecule has 4 aromatic rings. The van der Waals surface area contributed by atoms with Gasteiger partial charge in [-0.15, -0.1) is 0 Å². The van der Waals surface area contributed by atoms with Crippen LogP contribution in [0, 0.1) is 17.5 Å². The molecule has 0 spiro atoms. The molecule has 0 amide bonds. The van der Waals surface area contributed by atoms with Gasteiger partial charge in [0.05, 0.1) is 0 Å². The molecule has 0 unspecified atom stereocenters. The van der Waals surface area contributed by atoms with E-state index in [2.05, 4.69) is 55.5 Å². The molecule has 30 heavy (non-hydrogen) atoms. The predicted molar refractivity (Wildman–Crippen MR) is 116 cm³/mol. The van der Waals surface area contributed by atoms with Crippen molar-refractivity contribution in [2.75, 3.05) is 0 Å². The first-order chi connectivity index (χ1) is 14.5. The molecule has 1 atom stereocenters. The van der Waals surface area contributed by atoms with Gasteiger partial charge in [0.1, 0.15) is 0 Å². The molecule has 0 radical (unpaired) electrons. The van der Waals surface area contributed by atoms with Crippen molar-refractivity contribution in [3.8, 4) is 22.3 Å². The zero-order chi connectivity index (χ0) is 21.1. The van der Waals surface area contributed by atoms with Crippen LogP contribution < -0.4 is 0 Å². The van der Waals surface area contributed by atoms with Gasteiger partial charge in [-0.05, 0) is 57.9 Å². The van der Waals surface area contributed by atoms with E-state index in [0.717, 1.165) is 29.7 Å². The van der Waals surface area contributed by atoms with Crippen LogP contribution in [0.1, 0.15) is 24.0 Å². The maximum absolute atomic E-state index is 13.5. The first-order valence-corrected chi connectivity index (χ1v) is 9.90. The second-order valence-electron chi connectivity index (χ2n) is 7.54. The Labute approximate surface area is 174 Å². The van der Waals surface area contributed by atoms with Crippen LogP contribution >= 0.6 is 0 Å². The van der Waals surface area contributed by atoms with Crippen LogP contribution in [0.25, 0.3) is 22.3 Å². The molecule has 0 heterocycles. The van der Waals surface area contributed by atoms with Crippen molar-refractivity contribution in [1.82, 2.24) is 0 Å². The van der Waals surface area contributed by atoms with Gasteiger partial charge < -0.3 is 0 Å². The van der Waals surface area contributed by atoms with E-state index in [1.807, 2.05) is 18.2 Å². The summed E-state index contributed by atoms with van der Waals surface area (Å²) >= 11 is 0. The van der Waals surface area contributed by atoms with Gasteiger partial charge in [0.15, 0.2) is 17.5 Å². The van der Waals surface area contributed by atoms with Gasteiger partial charge in [-0.25, -0.2) is 13.2 Å². The number of halogens is 3. The van der Waals surface area contributed by atoms with E-state index in [4.69, 9.17) is 0 Å². The smallest absolute Gasteiger partial charge is 0.194 e. The summed E-state index contributed by atoms with van der Waals surface area (Å²) in [5.41, 5.74) is 5.60. The molecular formula is C27H21F3. The summed E-state index contributed by atoms with van der Waals surface area (Å²) in [5, 5.41) is 0. The second-order valence-corrected chi connectivity index (χ2v) is 7.54. The fourth-order valence-corrected chi connectivity index (χ4v) is 3.66. The van der Waals surface area contributed by atoms with Crippen molar-refractivity contribution in [2.45, 2.75) is 19.3 Å². The van der Waals surface area contributed by atoms with Gasteiger partial charge in [-0.3, -0.25) is 0 Å². The van der Waals surface area contributed by atoms with Crippen LogP contribution in [0.3, 0.4) is 0 Å². The highest BCUT2D eigenvalue weighted by Crippen LogP contribution is 2.28. The van der Waals surface area contributed by atoms with Crippen molar-refractivity contribution in [2.24, 2.45) is 0 Å². The highest BCUT2D eigenvalue weighted by atomic mass is 19.2. The van der Waals surface area contributed by atoms with Gasteiger partial charge in [0.25, 0.3) is 0 Å². The summed E-state index contributed by atoms with van der Waals surface area (Å²) in [6.45, 7) is 2.23. The summed E-state index contributed by atoms with van der Waals surface area (Å²) in [7, 11) is 0. The minimum atomic E-state index is -1.45. The third kappa shape index (κ3) is 4.30. The minimum Gasteiger partial charge on any atom is -0.204 e. The summed E-state index contributed by atoms with van der Waals surface area (Å²) in [4.78, 5) is 0. The molecule has 0 aromatic heterocycles. The van der Waals surface area contributed by atoms with Crippen LogP contribution in [0.5, 0.6) is 0 Å². The van der Waals surface area contributed by atoms with E-state index in [0.29, 0.717) is 17.0 Å². The van der Waals surface area contributed by atoms with E-state index >= 15 is 0 Å². The van der Waals surface area contributed by atoms with Crippen LogP contribution in [0.15, 0.2) is 91.0 Å². The van der Waals surface area contributed by atoms with Gasteiger partial charge in [0.2, 0.25) is 0 Å². The molecule has 0 N–H and O–H groups in total. The lowest BCUT2D eigenvalue weighted by Gasteiger charge is -2.12. The lowest BCUT2D eigenvalue weighted by Crippen LogP contribution is -1.98. The SMILES string of the molecule is C[C@H](Cc1ccc(-c2ccc(-c3cc(F)c(F)c(F)c3)cc2)cc1)c1ccccc1. The van der Waals surface area contributed by atoms with Crippen molar-refractivity contribution < 1.29 is 13.2 Å². The Balaban J connectivity index is 1.49. The zero-order valence-corrected chi connectivity index (χ0v) is 16.6. The Kier molecular flexibility index (Phi) is 5.71. The first-order valence-electron chi connectivity index (χ1n) is 9.90. The molecule has 4 aromatic carbocycles. The Morgan fingerprint density at radius 1 is 0.600 bits per heavy atom. The summed E-state index contributed by atoms with van der Waals surface area (Å²) in [6.07, 6.45) is 0.963. The highest BCUT2D eigenvalue weighted by molar-refractivity contribution is 5.70. The fourth-order valence-electron chi connectivity index (χ4n) is 3.66. The molecule has 0 saturated heterocycles. The number of hydrogen-bond acceptors (Lipinski definition) is 0. The maximum Gasteiger partial charge on any atom is 0.194 e. The predicted octanol–water partition coefficient (Wildman–Crippen LogP) is 7.78. The minimum absolute atomic E-state index is 0.309. The molecule has 4 rings (SSSR count). The van der Waals surface area contributed by atoms with Crippen molar-refractivity contribution in [1.29, 1.82) is 0 Å². The molecule has 0 fully saturated rings. The average Bonchev–Trinajstić information content (AvgIpc) is 2.78. The normalized spacial score (nSPS) is 12.0. The molecule has 150 valence electrons. The van der Waals surface area contributed by atoms with Crippen molar-refractivity contribution >= 4 is 0 Å². The zero-order valence-electron chi connectivity index (χ0n) is 16.6. The molecule has 3 heteroatoms. The molecular weight excluding hydrogens is 381 g/mol. The lowest BCUT2D eigenvalue weighted by molar-refractivity contribution is 0.448. The van der Waals surface area contributed by atoms with Gasteiger partial charge in [-0.2, -0.15) is 0 Å². The Hall–Kier alpha value is -3.33. The van der Waals surface area contributed by atoms with Gasteiger partial charge >= 0.3 is 0 Å². The van der Waals surface area contributed by atoms with Gasteiger partial charge in [-0.1, -0.05) is 85.8 Å². The molecule has 0 bridgehead atoms. The number of benzene rings is 4. The fraction of sp³-hybridized carbons (Fsp3) is 0.111. The van der Waals surface area contributed by atoms with Crippen LogP contribution in [0.4, 0.5) is 13.2 Å². The van der Waals surface area contributed by atoms with Crippen molar-refractivity contribution in [3.05, 3.63) is 120 Å². The maximum atomic E-state index is 13.5. The molecule has 0 aliphatic rings. The molecule has 0 aliphatic heterocycles. The third-order valence-electron chi connectivity index (χ3n) is 5.40. The van der Waals surface area contributed by atoms with E-state index in [1.54, 1.807) is 12.1 Å². The van der Waals surface area contributed by atoms with Crippen LogP contribution in [-0.2, 0) is 6.42 Å². The summed E-state index contributed by atoms with van der Waals surface area (Å²) in [6, 6.07) is 28.3. The van der Waals surface area contributed by atoms with E-state index in [1.165, 1.54) is 11.1 Å². The Morgan fingerprint density at radius 3 is 1.60 bits per heavy atom. The molecule has 0 aliphatic carbocycles. The molecule has 0 saturated carbocycles.